The van der Waals surface area contributed by atoms with Crippen molar-refractivity contribution >= 4 is 0 Å². The van der Waals surface area contributed by atoms with E-state index in [-0.39, 0.29) is 6.54 Å². The molecule has 1 aliphatic rings. The molecule has 5 heteroatoms. The molecule has 0 bridgehead atoms. The number of piperidine rings is 1. The summed E-state index contributed by atoms with van der Waals surface area (Å²) in [6.07, 6.45) is 0.946. The van der Waals surface area contributed by atoms with Crippen LogP contribution in [0, 0.1) is 10.1 Å². The number of nitro groups is 1. The second-order valence-corrected chi connectivity index (χ2v) is 4.98. The summed E-state index contributed by atoms with van der Waals surface area (Å²) in [4.78, 5) is 12.3. The highest BCUT2D eigenvalue weighted by Gasteiger charge is 2.36. The van der Waals surface area contributed by atoms with Gasteiger partial charge in [-0.05, 0) is 18.4 Å². The summed E-state index contributed by atoms with van der Waals surface area (Å²) in [6, 6.07) is 10.1. The first-order valence-electron chi connectivity index (χ1n) is 6.18. The normalized spacial score (nSPS) is 19.6. The van der Waals surface area contributed by atoms with E-state index in [1.54, 1.807) is 0 Å². The van der Waals surface area contributed by atoms with Gasteiger partial charge >= 0.3 is 0 Å². The lowest BCUT2D eigenvalue weighted by Gasteiger charge is -2.35. The van der Waals surface area contributed by atoms with E-state index in [1.165, 1.54) is 5.56 Å². The molecule has 0 saturated carbocycles. The summed E-state index contributed by atoms with van der Waals surface area (Å²) >= 11 is 0. The highest BCUT2D eigenvalue weighted by Crippen LogP contribution is 2.23. The first-order chi connectivity index (χ1) is 8.57. The van der Waals surface area contributed by atoms with Gasteiger partial charge in [-0.3, -0.25) is 15.0 Å². The minimum Gasteiger partial charge on any atom is -0.383 e. The molecule has 18 heavy (non-hydrogen) atoms. The second kappa shape index (κ2) is 5.46. The van der Waals surface area contributed by atoms with E-state index < -0.39 is 10.5 Å². The third kappa shape index (κ3) is 3.51. The average molecular weight is 250 g/mol. The van der Waals surface area contributed by atoms with Gasteiger partial charge < -0.3 is 5.11 Å². The van der Waals surface area contributed by atoms with Crippen LogP contribution in [0.4, 0.5) is 0 Å². The summed E-state index contributed by atoms with van der Waals surface area (Å²) in [5.41, 5.74) is 0.119. The Balaban J connectivity index is 1.85. The van der Waals surface area contributed by atoms with Crippen LogP contribution in [0.25, 0.3) is 0 Å². The van der Waals surface area contributed by atoms with Crippen LogP contribution >= 0.6 is 0 Å². The number of likely N-dealkylation sites (tertiary alicyclic amines) is 1. The number of nitrogens with zero attached hydrogens (tertiary/aromatic N) is 2. The van der Waals surface area contributed by atoms with E-state index in [9.17, 15) is 15.2 Å². The van der Waals surface area contributed by atoms with Crippen molar-refractivity contribution in [3.05, 3.63) is 46.0 Å². The van der Waals surface area contributed by atoms with Crippen molar-refractivity contribution in [2.24, 2.45) is 0 Å². The van der Waals surface area contributed by atoms with E-state index in [2.05, 4.69) is 17.0 Å². The van der Waals surface area contributed by atoms with Gasteiger partial charge in [-0.1, -0.05) is 30.3 Å². The fraction of sp³-hybridized carbons (Fsp3) is 0.538. The van der Waals surface area contributed by atoms with E-state index in [4.69, 9.17) is 0 Å². The smallest absolute Gasteiger partial charge is 0.232 e. The predicted molar refractivity (Wildman–Crippen MR) is 67.8 cm³/mol. The van der Waals surface area contributed by atoms with Crippen LogP contribution in [0.1, 0.15) is 18.4 Å². The van der Waals surface area contributed by atoms with Crippen LogP contribution in [0.2, 0.25) is 0 Å². The zero-order valence-corrected chi connectivity index (χ0v) is 10.3. The lowest BCUT2D eigenvalue weighted by Crippen LogP contribution is -2.47. The predicted octanol–water partition coefficient (Wildman–Crippen LogP) is 1.29. The first-order valence-corrected chi connectivity index (χ1v) is 6.18. The molecule has 0 radical (unpaired) electrons. The molecule has 0 aromatic heterocycles. The van der Waals surface area contributed by atoms with E-state index in [1.807, 2.05) is 18.2 Å². The summed E-state index contributed by atoms with van der Waals surface area (Å²) < 4.78 is 0. The molecule has 0 atom stereocenters. The van der Waals surface area contributed by atoms with Crippen molar-refractivity contribution in [2.75, 3.05) is 19.6 Å². The maximum Gasteiger partial charge on any atom is 0.232 e. The van der Waals surface area contributed by atoms with Crippen molar-refractivity contribution in [1.29, 1.82) is 0 Å². The van der Waals surface area contributed by atoms with Gasteiger partial charge in [0.25, 0.3) is 0 Å². The van der Waals surface area contributed by atoms with Gasteiger partial charge in [-0.25, -0.2) is 0 Å². The molecule has 1 aromatic carbocycles. The maximum absolute atomic E-state index is 10.5. The largest absolute Gasteiger partial charge is 0.383 e. The Morgan fingerprint density at radius 3 is 2.44 bits per heavy atom. The highest BCUT2D eigenvalue weighted by molar-refractivity contribution is 5.14. The molecule has 1 aliphatic heterocycles. The first kappa shape index (κ1) is 13.0. The lowest BCUT2D eigenvalue weighted by molar-refractivity contribution is -0.502. The van der Waals surface area contributed by atoms with Crippen LogP contribution in [0.15, 0.2) is 30.3 Å². The fourth-order valence-electron chi connectivity index (χ4n) is 2.37. The average Bonchev–Trinajstić information content (AvgIpc) is 2.33. The van der Waals surface area contributed by atoms with Crippen molar-refractivity contribution in [3.8, 4) is 0 Å². The minimum atomic E-state index is -1.11. The van der Waals surface area contributed by atoms with Gasteiger partial charge in [0.05, 0.1) is 0 Å². The lowest BCUT2D eigenvalue weighted by atomic mass is 9.91. The fourth-order valence-corrected chi connectivity index (χ4v) is 2.37. The Labute approximate surface area is 106 Å². The summed E-state index contributed by atoms with van der Waals surface area (Å²) in [5, 5.41) is 20.5. The standard InChI is InChI=1S/C13H18N2O3/c16-13(11-15(17)18)6-8-14(9-7-13)10-12-4-2-1-3-5-12/h1-5,16H,6-11H2. The number of aliphatic hydroxyl groups is 1. The number of hydrogen-bond donors (Lipinski definition) is 1. The van der Waals surface area contributed by atoms with Crippen LogP contribution in [0.5, 0.6) is 0 Å². The topological polar surface area (TPSA) is 66.6 Å². The molecular weight excluding hydrogens is 232 g/mol. The highest BCUT2D eigenvalue weighted by atomic mass is 16.6. The van der Waals surface area contributed by atoms with Crippen LogP contribution in [-0.4, -0.2) is 40.2 Å². The van der Waals surface area contributed by atoms with E-state index in [0.717, 1.165) is 6.54 Å². The van der Waals surface area contributed by atoms with Crippen molar-refractivity contribution in [1.82, 2.24) is 4.90 Å². The molecular formula is C13H18N2O3. The Morgan fingerprint density at radius 1 is 1.28 bits per heavy atom. The molecule has 1 saturated heterocycles. The number of rotatable bonds is 4. The molecule has 0 spiro atoms. The molecule has 1 aromatic rings. The molecule has 5 nitrogen and oxygen atoms in total. The zero-order valence-electron chi connectivity index (χ0n) is 10.3. The molecule has 0 aliphatic carbocycles. The Hall–Kier alpha value is -1.46. The Morgan fingerprint density at radius 2 is 1.89 bits per heavy atom. The SMILES string of the molecule is O=[N+]([O-])CC1(O)CCN(Cc2ccccc2)CC1. The summed E-state index contributed by atoms with van der Waals surface area (Å²) in [5.74, 6) is 0. The quantitative estimate of drug-likeness (QED) is 0.646. The Kier molecular flexibility index (Phi) is 3.93. The summed E-state index contributed by atoms with van der Waals surface area (Å²) in [6.45, 7) is 1.92. The van der Waals surface area contributed by atoms with Gasteiger partial charge in [0.2, 0.25) is 6.54 Å². The molecule has 1 fully saturated rings. The van der Waals surface area contributed by atoms with Gasteiger partial charge in [-0.15, -0.1) is 0 Å². The van der Waals surface area contributed by atoms with Crippen molar-refractivity contribution < 1.29 is 10.0 Å². The van der Waals surface area contributed by atoms with Crippen LogP contribution < -0.4 is 0 Å². The molecule has 98 valence electrons. The van der Waals surface area contributed by atoms with Gasteiger partial charge in [0.1, 0.15) is 5.60 Å². The number of hydrogen-bond acceptors (Lipinski definition) is 4. The Bertz CT molecular complexity index is 400. The van der Waals surface area contributed by atoms with Crippen molar-refractivity contribution in [2.45, 2.75) is 25.0 Å². The molecule has 2 rings (SSSR count). The monoisotopic (exact) mass is 250 g/mol. The molecule has 1 heterocycles. The van der Waals surface area contributed by atoms with E-state index >= 15 is 0 Å². The van der Waals surface area contributed by atoms with Gasteiger partial charge in [0, 0.05) is 24.6 Å². The molecule has 1 N–H and O–H groups in total. The third-order valence-corrected chi connectivity index (χ3v) is 3.46. The zero-order chi connectivity index (χ0) is 13.0. The molecule has 0 unspecified atom stereocenters. The van der Waals surface area contributed by atoms with Gasteiger partial charge in [-0.2, -0.15) is 0 Å². The van der Waals surface area contributed by atoms with Crippen LogP contribution in [-0.2, 0) is 6.54 Å². The number of benzene rings is 1. The second-order valence-electron chi connectivity index (χ2n) is 4.98. The van der Waals surface area contributed by atoms with Crippen LogP contribution in [0.3, 0.4) is 0 Å². The van der Waals surface area contributed by atoms with Crippen molar-refractivity contribution in [3.63, 3.8) is 0 Å². The third-order valence-electron chi connectivity index (χ3n) is 3.46. The minimum absolute atomic E-state index is 0.341. The molecule has 0 amide bonds. The maximum atomic E-state index is 10.5. The van der Waals surface area contributed by atoms with Gasteiger partial charge in [0.15, 0.2) is 0 Å². The summed E-state index contributed by atoms with van der Waals surface area (Å²) in [7, 11) is 0. The van der Waals surface area contributed by atoms with E-state index in [0.29, 0.717) is 25.9 Å².